The number of hydrogen-bond acceptors (Lipinski definition) is 5. The number of carbonyl (C=O) groups excluding carboxylic acids is 1. The number of carbonyl (C=O) groups is 1. The summed E-state index contributed by atoms with van der Waals surface area (Å²) in [5, 5.41) is 16.8. The predicted molar refractivity (Wildman–Crippen MR) is 80.4 cm³/mol. The Hall–Kier alpha value is -1.99. The van der Waals surface area contributed by atoms with E-state index in [1.807, 2.05) is 6.92 Å². The number of piperazine rings is 1. The molecule has 0 aromatic heterocycles. The fourth-order valence-electron chi connectivity index (χ4n) is 2.37. The number of amides is 1. The van der Waals surface area contributed by atoms with E-state index in [0.717, 1.165) is 26.2 Å². The molecular formula is C14H20N4O3. The van der Waals surface area contributed by atoms with Crippen LogP contribution in [0.15, 0.2) is 18.2 Å². The lowest BCUT2D eigenvalue weighted by Crippen LogP contribution is -2.51. The van der Waals surface area contributed by atoms with Gasteiger partial charge in [-0.05, 0) is 25.5 Å². The Labute approximate surface area is 123 Å². The average Bonchev–Trinajstić information content (AvgIpc) is 2.49. The molecule has 2 N–H and O–H groups in total. The maximum absolute atomic E-state index is 12.3. The molecule has 0 spiro atoms. The number of nitrogens with one attached hydrogen (secondary N) is 2. The summed E-state index contributed by atoms with van der Waals surface area (Å²) in [7, 11) is 0. The Bertz CT molecular complexity index is 541. The lowest BCUT2D eigenvalue weighted by molar-refractivity contribution is -0.384. The fourth-order valence-corrected chi connectivity index (χ4v) is 2.37. The molecule has 1 fully saturated rings. The van der Waals surface area contributed by atoms with Crippen molar-refractivity contribution < 1.29 is 9.72 Å². The van der Waals surface area contributed by atoms with E-state index in [0.29, 0.717) is 11.3 Å². The maximum atomic E-state index is 12.3. The van der Waals surface area contributed by atoms with Crippen molar-refractivity contribution in [3.63, 3.8) is 0 Å². The monoisotopic (exact) mass is 292 g/mol. The van der Waals surface area contributed by atoms with Gasteiger partial charge in [0, 0.05) is 44.0 Å². The normalized spacial score (nSPS) is 17.2. The fraction of sp³-hybridized carbons (Fsp3) is 0.500. The number of nitrogens with zero attached hydrogens (tertiary/aromatic N) is 2. The van der Waals surface area contributed by atoms with Crippen molar-refractivity contribution in [2.24, 2.45) is 0 Å². The van der Waals surface area contributed by atoms with Gasteiger partial charge in [-0.3, -0.25) is 19.8 Å². The van der Waals surface area contributed by atoms with Crippen molar-refractivity contribution >= 4 is 17.3 Å². The van der Waals surface area contributed by atoms with Crippen LogP contribution in [0.5, 0.6) is 0 Å². The largest absolute Gasteiger partial charge is 0.324 e. The van der Waals surface area contributed by atoms with E-state index in [2.05, 4.69) is 15.5 Å². The molecule has 0 aliphatic carbocycles. The molecule has 1 atom stereocenters. The third kappa shape index (κ3) is 3.77. The zero-order valence-corrected chi connectivity index (χ0v) is 12.3. The van der Waals surface area contributed by atoms with Crippen molar-refractivity contribution in [3.05, 3.63) is 33.9 Å². The zero-order chi connectivity index (χ0) is 15.4. The Morgan fingerprint density at radius 2 is 2.10 bits per heavy atom. The molecule has 1 amide bonds. The molecular weight excluding hydrogens is 272 g/mol. The Balaban J connectivity index is 2.03. The van der Waals surface area contributed by atoms with Crippen molar-refractivity contribution in [1.82, 2.24) is 10.2 Å². The molecule has 114 valence electrons. The Morgan fingerprint density at radius 1 is 1.43 bits per heavy atom. The van der Waals surface area contributed by atoms with Crippen LogP contribution in [0.4, 0.5) is 11.4 Å². The Morgan fingerprint density at radius 3 is 2.67 bits per heavy atom. The maximum Gasteiger partial charge on any atom is 0.269 e. The second kappa shape index (κ2) is 6.64. The predicted octanol–water partition coefficient (Wildman–Crippen LogP) is 1.14. The van der Waals surface area contributed by atoms with Crippen LogP contribution in [-0.4, -0.2) is 48.0 Å². The molecule has 1 aromatic rings. The summed E-state index contributed by atoms with van der Waals surface area (Å²) < 4.78 is 0. The first-order valence-electron chi connectivity index (χ1n) is 6.99. The van der Waals surface area contributed by atoms with E-state index in [9.17, 15) is 14.9 Å². The quantitative estimate of drug-likeness (QED) is 0.642. The number of rotatable bonds is 4. The smallest absolute Gasteiger partial charge is 0.269 e. The molecule has 1 aromatic carbocycles. The molecule has 21 heavy (non-hydrogen) atoms. The molecule has 1 aliphatic heterocycles. The topological polar surface area (TPSA) is 87.5 Å². The van der Waals surface area contributed by atoms with Crippen molar-refractivity contribution in [2.45, 2.75) is 19.9 Å². The summed E-state index contributed by atoms with van der Waals surface area (Å²) >= 11 is 0. The standard InChI is InChI=1S/C14H20N4O3/c1-10-9-12(18(20)21)3-4-13(10)16-14(19)11(2)17-7-5-15-6-8-17/h3-4,9,11,15H,5-8H2,1-2H3,(H,16,19). The van der Waals surface area contributed by atoms with Gasteiger partial charge >= 0.3 is 0 Å². The minimum absolute atomic E-state index is 0.0284. The minimum atomic E-state index is -0.443. The van der Waals surface area contributed by atoms with Crippen LogP contribution in [0.2, 0.25) is 0 Å². The van der Waals surface area contributed by atoms with Crippen LogP contribution >= 0.6 is 0 Å². The molecule has 0 bridgehead atoms. The van der Waals surface area contributed by atoms with Gasteiger partial charge in [-0.15, -0.1) is 0 Å². The van der Waals surface area contributed by atoms with E-state index in [1.165, 1.54) is 12.1 Å². The summed E-state index contributed by atoms with van der Waals surface area (Å²) in [5.74, 6) is -0.0890. The second-order valence-corrected chi connectivity index (χ2v) is 5.21. The van der Waals surface area contributed by atoms with Crippen molar-refractivity contribution in [1.29, 1.82) is 0 Å². The van der Waals surface area contributed by atoms with Crippen LogP contribution in [0.25, 0.3) is 0 Å². The third-order valence-electron chi connectivity index (χ3n) is 3.76. The first kappa shape index (κ1) is 15.4. The third-order valence-corrected chi connectivity index (χ3v) is 3.76. The van der Waals surface area contributed by atoms with Gasteiger partial charge in [-0.2, -0.15) is 0 Å². The molecule has 1 saturated heterocycles. The summed E-state index contributed by atoms with van der Waals surface area (Å²) in [6.07, 6.45) is 0. The Kier molecular flexibility index (Phi) is 4.87. The SMILES string of the molecule is Cc1cc([N+](=O)[O-])ccc1NC(=O)C(C)N1CCNCC1. The van der Waals surface area contributed by atoms with Crippen LogP contribution in [0, 0.1) is 17.0 Å². The highest BCUT2D eigenvalue weighted by molar-refractivity contribution is 5.95. The van der Waals surface area contributed by atoms with E-state index in [4.69, 9.17) is 0 Å². The molecule has 1 heterocycles. The van der Waals surface area contributed by atoms with Crippen LogP contribution < -0.4 is 10.6 Å². The molecule has 1 unspecified atom stereocenters. The summed E-state index contributed by atoms with van der Waals surface area (Å²) in [6, 6.07) is 4.22. The number of non-ortho nitro benzene ring substituents is 1. The second-order valence-electron chi connectivity index (χ2n) is 5.21. The van der Waals surface area contributed by atoms with Gasteiger partial charge in [0.1, 0.15) is 0 Å². The van der Waals surface area contributed by atoms with E-state index < -0.39 is 4.92 Å². The summed E-state index contributed by atoms with van der Waals surface area (Å²) in [6.45, 7) is 7.07. The average molecular weight is 292 g/mol. The van der Waals surface area contributed by atoms with Gasteiger partial charge in [0.25, 0.3) is 5.69 Å². The zero-order valence-electron chi connectivity index (χ0n) is 12.3. The van der Waals surface area contributed by atoms with E-state index in [-0.39, 0.29) is 17.6 Å². The number of benzene rings is 1. The van der Waals surface area contributed by atoms with Crippen molar-refractivity contribution in [3.8, 4) is 0 Å². The molecule has 7 nitrogen and oxygen atoms in total. The van der Waals surface area contributed by atoms with Crippen molar-refractivity contribution in [2.75, 3.05) is 31.5 Å². The number of hydrogen-bond donors (Lipinski definition) is 2. The number of nitro groups is 1. The number of nitro benzene ring substituents is 1. The first-order chi connectivity index (χ1) is 9.99. The van der Waals surface area contributed by atoms with E-state index in [1.54, 1.807) is 13.0 Å². The van der Waals surface area contributed by atoms with Gasteiger partial charge in [-0.1, -0.05) is 0 Å². The molecule has 1 aliphatic rings. The van der Waals surface area contributed by atoms with Gasteiger partial charge in [0.2, 0.25) is 5.91 Å². The van der Waals surface area contributed by atoms with Gasteiger partial charge in [-0.25, -0.2) is 0 Å². The van der Waals surface area contributed by atoms with Crippen LogP contribution in [0.1, 0.15) is 12.5 Å². The first-order valence-corrected chi connectivity index (χ1v) is 6.99. The number of anilines is 1. The molecule has 0 radical (unpaired) electrons. The van der Waals surface area contributed by atoms with Gasteiger partial charge in [0.15, 0.2) is 0 Å². The van der Waals surface area contributed by atoms with Crippen LogP contribution in [0.3, 0.4) is 0 Å². The lowest BCUT2D eigenvalue weighted by atomic mass is 10.1. The highest BCUT2D eigenvalue weighted by Gasteiger charge is 2.23. The number of aryl methyl sites for hydroxylation is 1. The summed E-state index contributed by atoms with van der Waals surface area (Å²) in [4.78, 5) is 24.7. The van der Waals surface area contributed by atoms with Crippen LogP contribution in [-0.2, 0) is 4.79 Å². The molecule has 7 heteroatoms. The molecule has 2 rings (SSSR count). The highest BCUT2D eigenvalue weighted by atomic mass is 16.6. The van der Waals surface area contributed by atoms with E-state index >= 15 is 0 Å². The lowest BCUT2D eigenvalue weighted by Gasteiger charge is -2.31. The van der Waals surface area contributed by atoms with Gasteiger partial charge < -0.3 is 10.6 Å². The highest BCUT2D eigenvalue weighted by Crippen LogP contribution is 2.21. The molecule has 0 saturated carbocycles. The summed E-state index contributed by atoms with van der Waals surface area (Å²) in [5.41, 5.74) is 1.33. The van der Waals surface area contributed by atoms with Gasteiger partial charge in [0.05, 0.1) is 11.0 Å². The minimum Gasteiger partial charge on any atom is -0.324 e.